The number of pyridine rings is 1. The molecule has 2 saturated carbocycles. The van der Waals surface area contributed by atoms with Crippen molar-refractivity contribution in [2.45, 2.75) is 56.9 Å². The summed E-state index contributed by atoms with van der Waals surface area (Å²) in [5.41, 5.74) is 8.14. The molecule has 2 fully saturated rings. The Kier molecular flexibility index (Phi) is 5.23. The predicted molar refractivity (Wildman–Crippen MR) is 99.4 cm³/mol. The molecule has 0 saturated heterocycles. The van der Waals surface area contributed by atoms with E-state index in [1.54, 1.807) is 0 Å². The van der Waals surface area contributed by atoms with Crippen molar-refractivity contribution in [3.8, 4) is 0 Å². The summed E-state index contributed by atoms with van der Waals surface area (Å²) in [7, 11) is 0. The number of nitrogens with two attached hydrogens (primary N) is 1. The van der Waals surface area contributed by atoms with Gasteiger partial charge in [0.25, 0.3) is 0 Å². The van der Waals surface area contributed by atoms with E-state index in [1.807, 2.05) is 12.1 Å². The largest absolute Gasteiger partial charge is 0.325 e. The number of carbonyl (C=O) groups is 1. The van der Waals surface area contributed by atoms with E-state index in [2.05, 4.69) is 4.98 Å². The van der Waals surface area contributed by atoms with Crippen LogP contribution in [0.4, 0.5) is 13.2 Å². The molecule has 1 aromatic heterocycles. The van der Waals surface area contributed by atoms with Crippen LogP contribution >= 0.6 is 0 Å². The molecule has 1 heterocycles. The summed E-state index contributed by atoms with van der Waals surface area (Å²) in [5.74, 6) is -2.88. The van der Waals surface area contributed by atoms with E-state index in [0.717, 1.165) is 24.5 Å². The monoisotopic (exact) mass is 388 g/mol. The standard InChI is InChI=1S/C22H23F3N2O/c23-18-10-20(25)19(24)9-17(18)13-3-5-14(6-4-13)22(28)21-16(12-1-2-12)8-7-15(11-26)27-21/h7-10,12-14H,1-6,11,26H2. The molecule has 0 unspecified atom stereocenters. The minimum atomic E-state index is -1.18. The van der Waals surface area contributed by atoms with Crippen molar-refractivity contribution in [2.75, 3.05) is 0 Å². The zero-order chi connectivity index (χ0) is 19.8. The highest BCUT2D eigenvalue weighted by Gasteiger charge is 2.34. The van der Waals surface area contributed by atoms with E-state index in [9.17, 15) is 18.0 Å². The number of hydrogen-bond donors (Lipinski definition) is 1. The summed E-state index contributed by atoms with van der Waals surface area (Å²) >= 11 is 0. The van der Waals surface area contributed by atoms with Crippen LogP contribution in [0.2, 0.25) is 0 Å². The van der Waals surface area contributed by atoms with Gasteiger partial charge in [0.1, 0.15) is 11.5 Å². The number of ketones is 1. The third-order valence-corrected chi connectivity index (χ3v) is 6.02. The van der Waals surface area contributed by atoms with Crippen LogP contribution in [-0.4, -0.2) is 10.8 Å². The molecule has 0 spiro atoms. The Morgan fingerprint density at radius 2 is 1.50 bits per heavy atom. The number of Topliss-reactive ketones (excluding diaryl/α,β-unsaturated/α-hetero) is 1. The maximum Gasteiger partial charge on any atom is 0.184 e. The number of benzene rings is 1. The van der Waals surface area contributed by atoms with E-state index < -0.39 is 17.5 Å². The Bertz CT molecular complexity index is 903. The summed E-state index contributed by atoms with van der Waals surface area (Å²) in [5, 5.41) is 0. The smallest absolute Gasteiger partial charge is 0.184 e. The van der Waals surface area contributed by atoms with Crippen molar-refractivity contribution in [2.24, 2.45) is 11.7 Å². The first-order chi connectivity index (χ1) is 13.5. The number of halogens is 3. The maximum absolute atomic E-state index is 14.1. The average molecular weight is 388 g/mol. The molecule has 2 aliphatic carbocycles. The average Bonchev–Trinajstić information content (AvgIpc) is 3.55. The number of rotatable bonds is 5. The van der Waals surface area contributed by atoms with Gasteiger partial charge in [0, 0.05) is 18.5 Å². The molecule has 28 heavy (non-hydrogen) atoms. The lowest BCUT2D eigenvalue weighted by molar-refractivity contribution is 0.0876. The SMILES string of the molecule is NCc1ccc(C2CC2)c(C(=O)C2CCC(c3cc(F)c(F)cc3F)CC2)n1. The van der Waals surface area contributed by atoms with E-state index >= 15 is 0 Å². The highest BCUT2D eigenvalue weighted by atomic mass is 19.2. The van der Waals surface area contributed by atoms with Gasteiger partial charge in [-0.05, 0) is 73.6 Å². The van der Waals surface area contributed by atoms with Crippen LogP contribution < -0.4 is 5.73 Å². The summed E-state index contributed by atoms with van der Waals surface area (Å²) in [6, 6.07) is 5.41. The second-order valence-electron chi connectivity index (χ2n) is 7.92. The molecule has 148 valence electrons. The quantitative estimate of drug-likeness (QED) is 0.580. The minimum absolute atomic E-state index is 0.0291. The van der Waals surface area contributed by atoms with Crippen LogP contribution in [0.5, 0.6) is 0 Å². The van der Waals surface area contributed by atoms with E-state index in [-0.39, 0.29) is 29.7 Å². The van der Waals surface area contributed by atoms with E-state index in [1.165, 1.54) is 0 Å². The first-order valence-electron chi connectivity index (χ1n) is 9.86. The Morgan fingerprint density at radius 1 is 0.893 bits per heavy atom. The number of hydrogen-bond acceptors (Lipinski definition) is 3. The molecular formula is C22H23F3N2O. The molecule has 0 bridgehead atoms. The second kappa shape index (κ2) is 7.66. The van der Waals surface area contributed by atoms with Crippen LogP contribution in [0.1, 0.15) is 77.7 Å². The highest BCUT2D eigenvalue weighted by molar-refractivity contribution is 5.97. The van der Waals surface area contributed by atoms with Crippen molar-refractivity contribution in [3.63, 3.8) is 0 Å². The molecule has 2 aromatic rings. The molecule has 0 aliphatic heterocycles. The van der Waals surface area contributed by atoms with E-state index in [0.29, 0.717) is 49.1 Å². The Balaban J connectivity index is 1.50. The number of aromatic nitrogens is 1. The molecule has 2 aliphatic rings. The van der Waals surface area contributed by atoms with Gasteiger partial charge in [0.15, 0.2) is 17.4 Å². The summed E-state index contributed by atoms with van der Waals surface area (Å²) in [6.45, 7) is 0.285. The highest BCUT2D eigenvalue weighted by Crippen LogP contribution is 2.43. The van der Waals surface area contributed by atoms with Crippen LogP contribution in [0, 0.1) is 23.4 Å². The molecule has 0 atom stereocenters. The summed E-state index contributed by atoms with van der Waals surface area (Å²) < 4.78 is 40.8. The van der Waals surface area contributed by atoms with Gasteiger partial charge in [-0.15, -0.1) is 0 Å². The fraction of sp³-hybridized carbons (Fsp3) is 0.455. The number of nitrogens with zero attached hydrogens (tertiary/aromatic N) is 1. The predicted octanol–water partition coefficient (Wildman–Crippen LogP) is 4.99. The Labute approximate surface area is 162 Å². The van der Waals surface area contributed by atoms with Gasteiger partial charge in [-0.1, -0.05) is 6.07 Å². The van der Waals surface area contributed by atoms with Crippen molar-refractivity contribution >= 4 is 5.78 Å². The van der Waals surface area contributed by atoms with Crippen LogP contribution in [0.25, 0.3) is 0 Å². The summed E-state index contributed by atoms with van der Waals surface area (Å²) in [4.78, 5) is 17.7. The zero-order valence-corrected chi connectivity index (χ0v) is 15.6. The van der Waals surface area contributed by atoms with Gasteiger partial charge < -0.3 is 5.73 Å². The molecule has 2 N–H and O–H groups in total. The lowest BCUT2D eigenvalue weighted by atomic mass is 9.76. The van der Waals surface area contributed by atoms with Gasteiger partial charge in [-0.3, -0.25) is 4.79 Å². The third kappa shape index (κ3) is 3.70. The van der Waals surface area contributed by atoms with Crippen LogP contribution in [0.15, 0.2) is 24.3 Å². The maximum atomic E-state index is 14.1. The Morgan fingerprint density at radius 3 is 2.14 bits per heavy atom. The second-order valence-corrected chi connectivity index (χ2v) is 7.92. The lowest BCUT2D eigenvalue weighted by Gasteiger charge is -2.28. The fourth-order valence-electron chi connectivity index (χ4n) is 4.26. The van der Waals surface area contributed by atoms with Crippen molar-refractivity contribution in [1.29, 1.82) is 0 Å². The summed E-state index contributed by atoms with van der Waals surface area (Å²) in [6.07, 6.45) is 4.45. The van der Waals surface area contributed by atoms with Crippen LogP contribution in [-0.2, 0) is 6.54 Å². The van der Waals surface area contributed by atoms with Gasteiger partial charge in [-0.25, -0.2) is 18.2 Å². The van der Waals surface area contributed by atoms with Crippen molar-refractivity contribution in [1.82, 2.24) is 4.98 Å². The minimum Gasteiger partial charge on any atom is -0.325 e. The molecule has 6 heteroatoms. The topological polar surface area (TPSA) is 56.0 Å². The molecule has 3 nitrogen and oxygen atoms in total. The van der Waals surface area contributed by atoms with Gasteiger partial charge >= 0.3 is 0 Å². The molecule has 0 amide bonds. The molecule has 1 aromatic carbocycles. The van der Waals surface area contributed by atoms with Crippen LogP contribution in [0.3, 0.4) is 0 Å². The van der Waals surface area contributed by atoms with Crippen molar-refractivity contribution in [3.05, 3.63) is 64.2 Å². The first kappa shape index (κ1) is 19.1. The van der Waals surface area contributed by atoms with Gasteiger partial charge in [-0.2, -0.15) is 0 Å². The lowest BCUT2D eigenvalue weighted by Crippen LogP contribution is -2.24. The first-order valence-corrected chi connectivity index (χ1v) is 9.86. The van der Waals surface area contributed by atoms with E-state index in [4.69, 9.17) is 5.73 Å². The molecular weight excluding hydrogens is 365 g/mol. The Hall–Kier alpha value is -2.21. The molecule has 4 rings (SSSR count). The number of carbonyl (C=O) groups excluding carboxylic acids is 1. The zero-order valence-electron chi connectivity index (χ0n) is 15.6. The fourth-order valence-corrected chi connectivity index (χ4v) is 4.26. The van der Waals surface area contributed by atoms with Gasteiger partial charge in [0.2, 0.25) is 0 Å². The van der Waals surface area contributed by atoms with Gasteiger partial charge in [0.05, 0.1) is 5.69 Å². The normalized spacial score (nSPS) is 22.3. The van der Waals surface area contributed by atoms with Crippen molar-refractivity contribution < 1.29 is 18.0 Å². The third-order valence-electron chi connectivity index (χ3n) is 6.02. The molecule has 0 radical (unpaired) electrons.